The Balaban J connectivity index is 0.922. The van der Waals surface area contributed by atoms with E-state index in [1.165, 1.54) is 70.2 Å². The molecule has 62 heavy (non-hydrogen) atoms. The minimum absolute atomic E-state index is 0.445. The van der Waals surface area contributed by atoms with Crippen LogP contribution in [0.1, 0.15) is 22.3 Å². The van der Waals surface area contributed by atoms with Crippen molar-refractivity contribution in [2.75, 3.05) is 0 Å². The molecule has 0 radical (unpaired) electrons. The normalized spacial score (nSPS) is 12.6. The third-order valence-electron chi connectivity index (χ3n) is 12.6. The molecule has 0 spiro atoms. The maximum Gasteiger partial charge on any atom is 0.160 e. The fourth-order valence-corrected chi connectivity index (χ4v) is 11.0. The summed E-state index contributed by atoms with van der Waals surface area (Å²) in [5.74, 6) is 0.706. The van der Waals surface area contributed by atoms with Crippen LogP contribution in [0.15, 0.2) is 231 Å². The number of rotatable bonds is 7. The fraction of sp³-hybridized carbons (Fsp3) is 0.0169. The molecule has 9 aromatic carbocycles. The molecule has 0 bridgehead atoms. The number of hydrogen-bond acceptors (Lipinski definition) is 3. The first-order chi connectivity index (χ1) is 30.7. The molecule has 12 rings (SSSR count). The van der Waals surface area contributed by atoms with Crippen LogP contribution in [0.25, 0.3) is 87.5 Å². The zero-order valence-electron chi connectivity index (χ0n) is 33.7. The average molecular weight is 807 g/mol. The summed E-state index contributed by atoms with van der Waals surface area (Å²) in [6.45, 7) is 0. The SMILES string of the molecule is c1ccc(-c2nc(-c3ccc(-c4cccc(C5(c6ccccc6)c6ccccc6-c6ccccc65)c4)cc3)cc(-c3ccc(-c4cccc5c4sc4ccccc45)cc3)n2)cc1. The van der Waals surface area contributed by atoms with E-state index in [0.29, 0.717) is 5.82 Å². The molecule has 0 atom stereocenters. The first kappa shape index (κ1) is 36.2. The lowest BCUT2D eigenvalue weighted by molar-refractivity contribution is 0.769. The number of thiophene rings is 1. The van der Waals surface area contributed by atoms with Crippen molar-refractivity contribution in [3.05, 3.63) is 253 Å². The van der Waals surface area contributed by atoms with Gasteiger partial charge in [-0.25, -0.2) is 9.97 Å². The number of aromatic nitrogens is 2. The second-order valence-electron chi connectivity index (χ2n) is 16.1. The number of hydrogen-bond donors (Lipinski definition) is 0. The summed E-state index contributed by atoms with van der Waals surface area (Å²) >= 11 is 1.86. The summed E-state index contributed by atoms with van der Waals surface area (Å²) in [6.07, 6.45) is 0. The second kappa shape index (κ2) is 14.8. The van der Waals surface area contributed by atoms with Gasteiger partial charge < -0.3 is 0 Å². The Kier molecular flexibility index (Phi) is 8.62. The Bertz CT molecular complexity index is 3400. The van der Waals surface area contributed by atoms with Crippen LogP contribution < -0.4 is 0 Å². The highest BCUT2D eigenvalue weighted by Crippen LogP contribution is 2.56. The van der Waals surface area contributed by atoms with Crippen molar-refractivity contribution in [1.82, 2.24) is 9.97 Å². The molecule has 11 aromatic rings. The highest BCUT2D eigenvalue weighted by molar-refractivity contribution is 7.26. The molecule has 3 heteroatoms. The average Bonchev–Trinajstić information content (AvgIpc) is 3.89. The van der Waals surface area contributed by atoms with Crippen molar-refractivity contribution in [2.45, 2.75) is 5.41 Å². The minimum Gasteiger partial charge on any atom is -0.228 e. The van der Waals surface area contributed by atoms with Gasteiger partial charge in [0, 0.05) is 36.9 Å². The first-order valence-corrected chi connectivity index (χ1v) is 22.0. The highest BCUT2D eigenvalue weighted by Gasteiger charge is 2.45. The molecule has 0 fully saturated rings. The topological polar surface area (TPSA) is 25.8 Å². The number of benzene rings is 9. The fourth-order valence-electron chi connectivity index (χ4n) is 9.73. The van der Waals surface area contributed by atoms with Gasteiger partial charge >= 0.3 is 0 Å². The van der Waals surface area contributed by atoms with Crippen LogP contribution in [0.3, 0.4) is 0 Å². The zero-order valence-corrected chi connectivity index (χ0v) is 34.6. The van der Waals surface area contributed by atoms with E-state index < -0.39 is 5.41 Å². The van der Waals surface area contributed by atoms with Crippen molar-refractivity contribution in [1.29, 1.82) is 0 Å². The molecule has 290 valence electrons. The van der Waals surface area contributed by atoms with E-state index in [9.17, 15) is 0 Å². The molecule has 0 N–H and O–H groups in total. The molecule has 2 aromatic heterocycles. The predicted octanol–water partition coefficient (Wildman–Crippen LogP) is 15.5. The summed E-state index contributed by atoms with van der Waals surface area (Å²) in [4.78, 5) is 10.3. The lowest BCUT2D eigenvalue weighted by Crippen LogP contribution is -2.28. The molecule has 0 saturated carbocycles. The van der Waals surface area contributed by atoms with Crippen LogP contribution in [0, 0.1) is 0 Å². The molecule has 0 aliphatic heterocycles. The molecule has 2 nitrogen and oxygen atoms in total. The van der Waals surface area contributed by atoms with Crippen molar-refractivity contribution in [2.24, 2.45) is 0 Å². The highest BCUT2D eigenvalue weighted by atomic mass is 32.1. The van der Waals surface area contributed by atoms with E-state index in [2.05, 4.69) is 212 Å². The summed E-state index contributed by atoms with van der Waals surface area (Å²) in [7, 11) is 0. The van der Waals surface area contributed by atoms with Gasteiger partial charge in [-0.2, -0.15) is 0 Å². The monoisotopic (exact) mass is 806 g/mol. The quantitative estimate of drug-likeness (QED) is 0.160. The van der Waals surface area contributed by atoms with E-state index >= 15 is 0 Å². The van der Waals surface area contributed by atoms with Gasteiger partial charge in [0.15, 0.2) is 5.82 Å². The largest absolute Gasteiger partial charge is 0.228 e. The van der Waals surface area contributed by atoms with E-state index in [0.717, 1.165) is 33.6 Å². The first-order valence-electron chi connectivity index (χ1n) is 21.1. The van der Waals surface area contributed by atoms with Gasteiger partial charge in [-0.15, -0.1) is 11.3 Å². The maximum absolute atomic E-state index is 5.16. The summed E-state index contributed by atoms with van der Waals surface area (Å²) in [5.41, 5.74) is 16.9. The van der Waals surface area contributed by atoms with E-state index in [1.54, 1.807) is 0 Å². The lowest BCUT2D eigenvalue weighted by Gasteiger charge is -2.34. The molecule has 0 amide bonds. The molecular formula is C59H38N2S. The van der Waals surface area contributed by atoms with Gasteiger partial charge in [0.2, 0.25) is 0 Å². The van der Waals surface area contributed by atoms with Gasteiger partial charge in [-0.1, -0.05) is 212 Å². The van der Waals surface area contributed by atoms with Crippen LogP contribution in [-0.4, -0.2) is 9.97 Å². The Morgan fingerprint density at radius 2 is 0.823 bits per heavy atom. The van der Waals surface area contributed by atoms with Crippen LogP contribution >= 0.6 is 11.3 Å². The second-order valence-corrected chi connectivity index (χ2v) is 17.1. The van der Waals surface area contributed by atoms with Crippen LogP contribution in [0.4, 0.5) is 0 Å². The van der Waals surface area contributed by atoms with Gasteiger partial charge in [0.05, 0.1) is 16.8 Å². The number of fused-ring (bicyclic) bond motifs is 6. The van der Waals surface area contributed by atoms with Crippen molar-refractivity contribution < 1.29 is 0 Å². The molecule has 0 unspecified atom stereocenters. The Morgan fingerprint density at radius 1 is 0.323 bits per heavy atom. The van der Waals surface area contributed by atoms with Crippen LogP contribution in [0.5, 0.6) is 0 Å². The molecule has 1 aliphatic carbocycles. The standard InChI is InChI=1S/C59H38N2S/c1-3-15-43(16-4-1)58-60-54(38-55(61-58)42-35-31-40(32-36-42)47-24-14-25-51-50-23-9-12-28-56(50)62-57(47)51)41-33-29-39(30-34-41)44-17-13-20-46(37-44)59(45-18-5-2-6-19-45)52-26-10-7-21-48(52)49-22-8-11-27-53(49)59/h1-38H. The Labute approximate surface area is 365 Å². The molecule has 2 heterocycles. The maximum atomic E-state index is 5.16. The summed E-state index contributed by atoms with van der Waals surface area (Å²) < 4.78 is 2.63. The molecule has 0 saturated heterocycles. The van der Waals surface area contributed by atoms with E-state index in [-0.39, 0.29) is 0 Å². The van der Waals surface area contributed by atoms with Crippen LogP contribution in [0.2, 0.25) is 0 Å². The smallest absolute Gasteiger partial charge is 0.160 e. The van der Waals surface area contributed by atoms with Gasteiger partial charge in [0.1, 0.15) is 0 Å². The van der Waals surface area contributed by atoms with Gasteiger partial charge in [0.25, 0.3) is 0 Å². The third kappa shape index (κ3) is 5.85. The molecular weight excluding hydrogens is 769 g/mol. The minimum atomic E-state index is -0.445. The zero-order chi connectivity index (χ0) is 41.0. The number of nitrogens with zero attached hydrogens (tertiary/aromatic N) is 2. The van der Waals surface area contributed by atoms with E-state index in [1.807, 2.05) is 29.5 Å². The Morgan fingerprint density at radius 3 is 1.52 bits per heavy atom. The van der Waals surface area contributed by atoms with Crippen molar-refractivity contribution in [3.63, 3.8) is 0 Å². The predicted molar refractivity (Wildman–Crippen MR) is 259 cm³/mol. The Hall–Kier alpha value is -7.72. The van der Waals surface area contributed by atoms with E-state index in [4.69, 9.17) is 9.97 Å². The molecule has 1 aliphatic rings. The van der Waals surface area contributed by atoms with Gasteiger partial charge in [-0.05, 0) is 73.8 Å². The lowest BCUT2D eigenvalue weighted by atomic mass is 9.67. The van der Waals surface area contributed by atoms with Crippen molar-refractivity contribution in [3.8, 4) is 67.3 Å². The van der Waals surface area contributed by atoms with Gasteiger partial charge in [-0.3, -0.25) is 0 Å². The summed E-state index contributed by atoms with van der Waals surface area (Å²) in [6, 6.07) is 83.4. The summed E-state index contributed by atoms with van der Waals surface area (Å²) in [5, 5.41) is 2.62. The van der Waals surface area contributed by atoms with Crippen molar-refractivity contribution >= 4 is 31.5 Å². The van der Waals surface area contributed by atoms with Crippen LogP contribution in [-0.2, 0) is 5.41 Å². The third-order valence-corrected chi connectivity index (χ3v) is 13.8.